The molecule has 2 heteroatoms. The maximum absolute atomic E-state index is 12.4. The van der Waals surface area contributed by atoms with Crippen LogP contribution in [0.1, 0.15) is 153 Å². The summed E-state index contributed by atoms with van der Waals surface area (Å²) < 4.78 is 0. The second-order valence-electron chi connectivity index (χ2n) is 20.7. The molecule has 0 radical (unpaired) electrons. The summed E-state index contributed by atoms with van der Waals surface area (Å²) in [7, 11) is 2.11. The summed E-state index contributed by atoms with van der Waals surface area (Å²) in [4.78, 5) is 12.4. The fourth-order valence-electron chi connectivity index (χ4n) is 8.54. The van der Waals surface area contributed by atoms with Gasteiger partial charge in [0.2, 0.25) is 0 Å². The van der Waals surface area contributed by atoms with E-state index in [0.29, 0.717) is 11.0 Å². The van der Waals surface area contributed by atoms with Gasteiger partial charge in [-0.3, -0.25) is 4.79 Å². The van der Waals surface area contributed by atoms with Crippen molar-refractivity contribution in [3.05, 3.63) is 210 Å². The minimum Gasteiger partial charge on any atom is -0.315 e. The van der Waals surface area contributed by atoms with Gasteiger partial charge in [-0.2, -0.15) is 0 Å². The van der Waals surface area contributed by atoms with Gasteiger partial charge in [0.25, 0.3) is 0 Å². The Kier molecular flexibility index (Phi) is 23.3. The minimum atomic E-state index is 0.0983. The van der Waals surface area contributed by atoms with Crippen LogP contribution in [0.3, 0.4) is 0 Å². The first-order valence-electron chi connectivity index (χ1n) is 24.3. The quantitative estimate of drug-likeness (QED) is 0.179. The molecule has 0 aliphatic heterocycles. The third-order valence-corrected chi connectivity index (χ3v) is 13.3. The van der Waals surface area contributed by atoms with E-state index in [-0.39, 0.29) is 5.78 Å². The molecular weight excluding hydrogens is 799 g/mol. The van der Waals surface area contributed by atoms with Crippen molar-refractivity contribution in [3.63, 3.8) is 0 Å². The largest absolute Gasteiger partial charge is 0.315 e. The molecule has 2 atom stereocenters. The standard InChI is InChI=1S/C17H18O.C12H25N.C10H14.C9H12.2C8H10/c1-11-5-7-15(9-13(11)3)17(18)16-8-6-12(2)14(4)10-16;1-6-10-7-11(2,3)9-12(4,8-10)13-5;1-7-5-9(3)10(4)6-8(7)2;1-7-4-5-8(2)9(3)6-7;1-7-3-5-8(2)6-4-7;1-7-4-3-5-8(2)6-7/h5-10H,1-4H3;10,13H,6-9H2,1-5H3;5-6H,1-4H3;4-6H,1-3H3;2*3-6H,1-2H3. The highest BCUT2D eigenvalue weighted by Gasteiger charge is 2.39. The number of carbonyl (C=O) groups is 1. The van der Waals surface area contributed by atoms with Gasteiger partial charge in [-0.05, 0) is 216 Å². The molecular formula is C64H89NO. The van der Waals surface area contributed by atoms with E-state index in [2.05, 4.69) is 209 Å². The van der Waals surface area contributed by atoms with Crippen LogP contribution in [-0.2, 0) is 0 Å². The van der Waals surface area contributed by atoms with Gasteiger partial charge in [0.05, 0.1) is 0 Å². The first kappa shape index (κ1) is 57.1. The van der Waals surface area contributed by atoms with Crippen molar-refractivity contribution < 1.29 is 4.79 Å². The van der Waals surface area contributed by atoms with Crippen molar-refractivity contribution in [1.82, 2.24) is 5.32 Å². The average molecular weight is 888 g/mol. The molecule has 0 aromatic heterocycles. The Bertz CT molecular complexity index is 2290. The van der Waals surface area contributed by atoms with Crippen LogP contribution in [0, 0.1) is 115 Å². The highest BCUT2D eigenvalue weighted by molar-refractivity contribution is 6.09. The van der Waals surface area contributed by atoms with Crippen molar-refractivity contribution in [2.75, 3.05) is 7.05 Å². The zero-order valence-electron chi connectivity index (χ0n) is 45.3. The summed E-state index contributed by atoms with van der Waals surface area (Å²) in [6.07, 6.45) is 5.40. The number of ketones is 1. The lowest BCUT2D eigenvalue weighted by Gasteiger charge is -2.46. The van der Waals surface area contributed by atoms with Crippen molar-refractivity contribution in [2.24, 2.45) is 11.3 Å². The number of rotatable bonds is 4. The molecule has 2 unspecified atom stereocenters. The first-order valence-corrected chi connectivity index (χ1v) is 24.3. The number of hydrogen-bond donors (Lipinski definition) is 1. The molecule has 6 aromatic carbocycles. The van der Waals surface area contributed by atoms with Crippen LogP contribution in [0.4, 0.5) is 0 Å². The Morgan fingerprint density at radius 3 is 1.11 bits per heavy atom. The van der Waals surface area contributed by atoms with Crippen molar-refractivity contribution in [3.8, 4) is 0 Å². The van der Waals surface area contributed by atoms with Gasteiger partial charge >= 0.3 is 0 Å². The highest BCUT2D eigenvalue weighted by Crippen LogP contribution is 2.44. The second kappa shape index (κ2) is 26.9. The third kappa shape index (κ3) is 20.2. The van der Waals surface area contributed by atoms with E-state index in [1.165, 1.54) is 98.0 Å². The van der Waals surface area contributed by atoms with Crippen LogP contribution < -0.4 is 5.32 Å². The highest BCUT2D eigenvalue weighted by atomic mass is 16.1. The SMILES string of the molecule is CCC1CC(C)(C)CC(C)(NC)C1.Cc1cc(C)c(C)cc1C.Cc1ccc(C(=O)c2ccc(C)c(C)c2)cc1C.Cc1ccc(C)c(C)c1.Cc1ccc(C)cc1.Cc1cccc(C)c1. The van der Waals surface area contributed by atoms with E-state index in [9.17, 15) is 4.79 Å². The van der Waals surface area contributed by atoms with E-state index < -0.39 is 0 Å². The van der Waals surface area contributed by atoms with Crippen LogP contribution in [0.15, 0.2) is 115 Å². The van der Waals surface area contributed by atoms with Crippen LogP contribution in [0.2, 0.25) is 0 Å². The van der Waals surface area contributed by atoms with E-state index in [1.54, 1.807) is 0 Å². The van der Waals surface area contributed by atoms with Crippen molar-refractivity contribution >= 4 is 5.78 Å². The summed E-state index contributed by atoms with van der Waals surface area (Å²) in [5.74, 6) is 1.02. The summed E-state index contributed by atoms with van der Waals surface area (Å²) in [5, 5.41) is 3.50. The molecule has 2 nitrogen and oxygen atoms in total. The molecule has 1 aliphatic carbocycles. The zero-order valence-corrected chi connectivity index (χ0v) is 45.3. The lowest BCUT2D eigenvalue weighted by atomic mass is 9.64. The molecule has 0 saturated heterocycles. The Balaban J connectivity index is 0.000000280. The van der Waals surface area contributed by atoms with Gasteiger partial charge in [0.1, 0.15) is 0 Å². The molecule has 0 amide bonds. The maximum atomic E-state index is 12.4. The molecule has 0 spiro atoms. The fraction of sp³-hybridized carbons (Fsp3) is 0.422. The smallest absolute Gasteiger partial charge is 0.193 e. The molecule has 0 heterocycles. The summed E-state index contributed by atoms with van der Waals surface area (Å²) in [5.41, 5.74) is 22.2. The fourth-order valence-corrected chi connectivity index (χ4v) is 8.54. The molecule has 1 N–H and O–H groups in total. The van der Waals surface area contributed by atoms with Crippen LogP contribution in [-0.4, -0.2) is 18.4 Å². The second-order valence-corrected chi connectivity index (χ2v) is 20.7. The van der Waals surface area contributed by atoms with Gasteiger partial charge in [-0.15, -0.1) is 0 Å². The molecule has 1 aliphatic rings. The van der Waals surface area contributed by atoms with E-state index >= 15 is 0 Å². The average Bonchev–Trinajstić information content (AvgIpc) is 3.25. The molecule has 1 fully saturated rings. The predicted octanol–water partition coefficient (Wildman–Crippen LogP) is 17.5. The van der Waals surface area contributed by atoms with Crippen LogP contribution >= 0.6 is 0 Å². The third-order valence-electron chi connectivity index (χ3n) is 13.3. The van der Waals surface area contributed by atoms with E-state index in [4.69, 9.17) is 0 Å². The molecule has 66 heavy (non-hydrogen) atoms. The van der Waals surface area contributed by atoms with Gasteiger partial charge < -0.3 is 5.32 Å². The van der Waals surface area contributed by atoms with Crippen LogP contribution in [0.5, 0.6) is 0 Å². The first-order chi connectivity index (χ1) is 30.8. The zero-order chi connectivity index (χ0) is 49.9. The maximum Gasteiger partial charge on any atom is 0.193 e. The summed E-state index contributed by atoms with van der Waals surface area (Å²) >= 11 is 0. The van der Waals surface area contributed by atoms with Gasteiger partial charge in [0.15, 0.2) is 5.78 Å². The summed E-state index contributed by atoms with van der Waals surface area (Å²) in [6.45, 7) is 41.1. The Labute approximate surface area is 405 Å². The Morgan fingerprint density at radius 2 is 0.788 bits per heavy atom. The predicted molar refractivity (Wildman–Crippen MR) is 292 cm³/mol. The lowest BCUT2D eigenvalue weighted by Crippen LogP contribution is -2.49. The number of nitrogens with one attached hydrogen (secondary N) is 1. The normalized spacial score (nSPS) is 15.6. The van der Waals surface area contributed by atoms with Crippen molar-refractivity contribution in [1.29, 1.82) is 0 Å². The monoisotopic (exact) mass is 888 g/mol. The van der Waals surface area contributed by atoms with Gasteiger partial charge in [0, 0.05) is 16.7 Å². The lowest BCUT2D eigenvalue weighted by molar-refractivity contribution is 0.0889. The number of benzene rings is 6. The molecule has 6 aromatic rings. The summed E-state index contributed by atoms with van der Waals surface area (Å²) in [6, 6.07) is 39.7. The van der Waals surface area contributed by atoms with Gasteiger partial charge in [-0.25, -0.2) is 0 Å². The molecule has 356 valence electrons. The van der Waals surface area contributed by atoms with Crippen molar-refractivity contribution in [2.45, 2.75) is 163 Å². The molecule has 7 rings (SSSR count). The Morgan fingerprint density at radius 1 is 0.439 bits per heavy atom. The number of aryl methyl sites for hydroxylation is 15. The minimum absolute atomic E-state index is 0.0983. The Hall–Kier alpha value is -5.05. The number of hydrogen-bond acceptors (Lipinski definition) is 2. The van der Waals surface area contributed by atoms with E-state index in [1.807, 2.05) is 50.2 Å². The van der Waals surface area contributed by atoms with Gasteiger partial charge in [-0.1, -0.05) is 158 Å². The topological polar surface area (TPSA) is 29.1 Å². The number of carbonyl (C=O) groups excluding carboxylic acids is 1. The van der Waals surface area contributed by atoms with E-state index in [0.717, 1.165) is 28.2 Å². The molecule has 0 bridgehead atoms. The molecule has 1 saturated carbocycles. The van der Waals surface area contributed by atoms with Crippen LogP contribution in [0.25, 0.3) is 0 Å².